The average molecular weight is 910 g/mol. The maximum absolute atomic E-state index is 12.0. The van der Waals surface area contributed by atoms with Gasteiger partial charge in [-0.05, 0) is 85.2 Å². The fourth-order valence-electron chi connectivity index (χ4n) is 3.99. The number of nitrogens with two attached hydrogens (primary N) is 1. The second-order valence-corrected chi connectivity index (χ2v) is 14.2. The molecule has 0 aliphatic rings. The Labute approximate surface area is 383 Å². The molecular formula is C40H59Cl2LiN6O13. The minimum Gasteiger partial charge on any atom is -0.870 e. The number of rotatable bonds is 16. The zero-order valence-electron chi connectivity index (χ0n) is 36.7. The minimum absolute atomic E-state index is 0. The summed E-state index contributed by atoms with van der Waals surface area (Å²) in [7, 11) is 0. The molecule has 3 aromatic heterocycles. The summed E-state index contributed by atoms with van der Waals surface area (Å²) in [6.45, 7) is 14.6. The number of hydrogen-bond donors (Lipinski definition) is 4. The summed E-state index contributed by atoms with van der Waals surface area (Å²) in [5.41, 5.74) is 1.05. The molecule has 22 heteroatoms. The molecule has 0 saturated heterocycles. The Balaban J connectivity index is -0.000000369. The Morgan fingerprint density at radius 3 is 1.24 bits per heavy atom. The van der Waals surface area contributed by atoms with Crippen LogP contribution < -0.4 is 51.9 Å². The number of carboxylic acid groups (broad SMARTS) is 1. The number of nitrogens with zero attached hydrogens (tertiary/aromatic N) is 3. The van der Waals surface area contributed by atoms with E-state index in [0.717, 1.165) is 0 Å². The van der Waals surface area contributed by atoms with Crippen molar-refractivity contribution in [2.24, 2.45) is 22.0 Å². The number of carboxylic acids is 1. The van der Waals surface area contributed by atoms with Gasteiger partial charge < -0.3 is 50.1 Å². The van der Waals surface area contributed by atoms with Gasteiger partial charge in [0.1, 0.15) is 16.2 Å². The topological polar surface area (TPSA) is 287 Å². The third-order valence-corrected chi connectivity index (χ3v) is 8.55. The fourth-order valence-corrected chi connectivity index (χ4v) is 4.07. The molecule has 0 spiro atoms. The number of aliphatic carboxylic acids is 1. The summed E-state index contributed by atoms with van der Waals surface area (Å²) < 4.78 is 14.0. The van der Waals surface area contributed by atoms with Crippen molar-refractivity contribution in [2.45, 2.75) is 75.0 Å². The van der Waals surface area contributed by atoms with E-state index in [-0.39, 0.29) is 79.7 Å². The molecule has 62 heavy (non-hydrogen) atoms. The second kappa shape index (κ2) is 31.8. The van der Waals surface area contributed by atoms with Gasteiger partial charge in [-0.25, -0.2) is 0 Å². The van der Waals surface area contributed by atoms with E-state index in [9.17, 15) is 43.2 Å². The molecule has 0 bridgehead atoms. The predicted molar refractivity (Wildman–Crippen MR) is 229 cm³/mol. The smallest absolute Gasteiger partial charge is 0.870 e. The van der Waals surface area contributed by atoms with E-state index in [2.05, 4.69) is 15.4 Å². The quantitative estimate of drug-likeness (QED) is 0.0583. The van der Waals surface area contributed by atoms with E-state index in [1.165, 1.54) is 68.9 Å². The first-order valence-corrected chi connectivity index (χ1v) is 18.9. The van der Waals surface area contributed by atoms with Crippen LogP contribution in [0.15, 0.2) is 87.6 Å². The summed E-state index contributed by atoms with van der Waals surface area (Å²) in [5.74, 6) is -3.31. The van der Waals surface area contributed by atoms with Crippen molar-refractivity contribution in [1.82, 2.24) is 24.3 Å². The van der Waals surface area contributed by atoms with E-state index >= 15 is 0 Å². The number of pyridine rings is 3. The van der Waals surface area contributed by atoms with E-state index < -0.39 is 51.2 Å². The van der Waals surface area contributed by atoms with Crippen LogP contribution in [0.5, 0.6) is 0 Å². The third kappa shape index (κ3) is 22.2. The SMILES string of the molecule is CC(C)(C(=O)O)C(=O)NCCn1ccccc1=O.CCOC(=O)C(C)(C)C(=O)Cl.CCOC(=O)C(C)(C)C(=O)NCCn1ccccc1=O.Cl.NCCn1ccccc1=O.[Li+].[OH-]. The van der Waals surface area contributed by atoms with Gasteiger partial charge in [0.15, 0.2) is 0 Å². The first kappa shape index (κ1) is 63.6. The molecule has 19 nitrogen and oxygen atoms in total. The summed E-state index contributed by atoms with van der Waals surface area (Å²) in [6, 6.07) is 14.7. The molecule has 3 rings (SSSR count). The maximum atomic E-state index is 12.0. The van der Waals surface area contributed by atoms with Crippen molar-refractivity contribution >= 4 is 59.0 Å². The number of amides is 2. The van der Waals surface area contributed by atoms with E-state index in [1.54, 1.807) is 67.3 Å². The van der Waals surface area contributed by atoms with E-state index in [1.807, 2.05) is 6.07 Å². The molecule has 0 radical (unpaired) electrons. The van der Waals surface area contributed by atoms with Crippen LogP contribution in [0.1, 0.15) is 55.4 Å². The first-order valence-electron chi connectivity index (χ1n) is 18.5. The monoisotopic (exact) mass is 908 g/mol. The molecule has 6 N–H and O–H groups in total. The Morgan fingerprint density at radius 2 is 0.952 bits per heavy atom. The molecule has 0 fully saturated rings. The number of hydrogen-bond acceptors (Lipinski definition) is 13. The summed E-state index contributed by atoms with van der Waals surface area (Å²) in [5, 5.41) is 13.3. The average Bonchev–Trinajstić information content (AvgIpc) is 3.18. The van der Waals surface area contributed by atoms with Gasteiger partial charge in [0.2, 0.25) is 17.1 Å². The van der Waals surface area contributed by atoms with Crippen LogP contribution >= 0.6 is 24.0 Å². The van der Waals surface area contributed by atoms with Gasteiger partial charge in [0.25, 0.3) is 16.7 Å². The second-order valence-electron chi connectivity index (χ2n) is 13.9. The van der Waals surface area contributed by atoms with Crippen LogP contribution in [-0.4, -0.2) is 92.1 Å². The van der Waals surface area contributed by atoms with Crippen LogP contribution in [0.4, 0.5) is 0 Å². The van der Waals surface area contributed by atoms with Gasteiger partial charge in [-0.3, -0.25) is 43.2 Å². The number of halogens is 2. The molecule has 3 heterocycles. The standard InChI is InChI=1S/C14H20N2O4.C12H16N2O4.C7H11ClO3.C7H10N2O.ClH.Li.H2O/c1-4-20-13(19)14(2,3)12(18)15-8-10-16-9-6-5-7-11(16)17;1-12(2,11(17)18)10(16)13-6-8-14-7-4-3-5-9(14)15;1-4-11-6(10)7(2,3)5(8)9;8-4-6-9-5-2-1-3-7(9)10;;;/h5-7,9H,4,8,10H2,1-3H3,(H,15,18);3-5,7H,6,8H2,1-2H3,(H,13,16)(H,17,18);4H2,1-3H3;1-3,5H,4,6,8H2;1H;;1H2/q;;;;;+1;/p-1. The number of carbonyl (C=O) groups excluding carboxylic acids is 5. The van der Waals surface area contributed by atoms with Crippen LogP contribution in [0.3, 0.4) is 0 Å². The van der Waals surface area contributed by atoms with Crippen molar-refractivity contribution in [3.63, 3.8) is 0 Å². The van der Waals surface area contributed by atoms with Crippen molar-refractivity contribution < 1.29 is 67.7 Å². The van der Waals surface area contributed by atoms with Crippen LogP contribution in [0, 0.1) is 16.2 Å². The van der Waals surface area contributed by atoms with Crippen LogP contribution in [0.2, 0.25) is 0 Å². The number of aromatic nitrogens is 3. The number of ether oxygens (including phenoxy) is 2. The maximum Gasteiger partial charge on any atom is 1.00 e. The molecule has 0 saturated carbocycles. The Hall–Kier alpha value is -5.03. The zero-order chi connectivity index (χ0) is 45.4. The minimum atomic E-state index is -1.47. The fraction of sp³-hybridized carbons (Fsp3) is 0.475. The number of nitrogens with one attached hydrogen (secondary N) is 2. The Bertz CT molecular complexity index is 2040. The van der Waals surface area contributed by atoms with Crippen molar-refractivity contribution in [2.75, 3.05) is 32.8 Å². The molecule has 0 unspecified atom stereocenters. The van der Waals surface area contributed by atoms with Gasteiger partial charge in [-0.1, -0.05) is 18.2 Å². The van der Waals surface area contributed by atoms with Crippen molar-refractivity contribution in [3.8, 4) is 0 Å². The molecule has 0 aliphatic heterocycles. The summed E-state index contributed by atoms with van der Waals surface area (Å²) in [4.78, 5) is 101. The largest absolute Gasteiger partial charge is 1.00 e. The van der Waals surface area contributed by atoms with Crippen LogP contribution in [-0.2, 0) is 57.9 Å². The van der Waals surface area contributed by atoms with Crippen molar-refractivity contribution in [1.29, 1.82) is 0 Å². The van der Waals surface area contributed by atoms with Gasteiger partial charge >= 0.3 is 36.8 Å². The number of esters is 2. The zero-order valence-corrected chi connectivity index (χ0v) is 38.2. The van der Waals surface area contributed by atoms with Gasteiger partial charge in [0.05, 0.1) is 13.2 Å². The van der Waals surface area contributed by atoms with Gasteiger partial charge in [-0.15, -0.1) is 12.4 Å². The first-order chi connectivity index (χ1) is 27.5. The van der Waals surface area contributed by atoms with Crippen molar-refractivity contribution in [3.05, 3.63) is 104 Å². The van der Waals surface area contributed by atoms with Crippen LogP contribution in [0.25, 0.3) is 0 Å². The normalized spacial score (nSPS) is 10.2. The molecule has 0 aromatic carbocycles. The molecule has 2 amide bonds. The molecule has 3 aromatic rings. The number of carbonyl (C=O) groups is 6. The van der Waals surface area contributed by atoms with Gasteiger partial charge in [-0.2, -0.15) is 0 Å². The van der Waals surface area contributed by atoms with Gasteiger partial charge in [0, 0.05) is 76.1 Å². The molecule has 0 aliphatic carbocycles. The third-order valence-electron chi connectivity index (χ3n) is 8.08. The van der Waals surface area contributed by atoms with E-state index in [4.69, 9.17) is 27.2 Å². The molecule has 0 atom stereocenters. The van der Waals surface area contributed by atoms with E-state index in [0.29, 0.717) is 26.2 Å². The molecular weight excluding hydrogens is 850 g/mol. The summed E-state index contributed by atoms with van der Waals surface area (Å²) >= 11 is 5.16. The predicted octanol–water partition coefficient (Wildman–Crippen LogP) is -0.974. The molecule has 342 valence electrons. The Kier molecular flexibility index (Phi) is 32.6. The summed E-state index contributed by atoms with van der Waals surface area (Å²) in [6.07, 6.45) is 4.98. The Morgan fingerprint density at radius 1 is 0.629 bits per heavy atom.